The summed E-state index contributed by atoms with van der Waals surface area (Å²) in [6, 6.07) is 6.57. The zero-order chi connectivity index (χ0) is 13.9. The van der Waals surface area contributed by atoms with Gasteiger partial charge in [-0.05, 0) is 13.0 Å². The van der Waals surface area contributed by atoms with E-state index in [-0.39, 0.29) is 17.3 Å². The van der Waals surface area contributed by atoms with Gasteiger partial charge in [0.2, 0.25) is 0 Å². The minimum Gasteiger partial charge on any atom is -0.508 e. The summed E-state index contributed by atoms with van der Waals surface area (Å²) < 4.78 is 28.0. The molecule has 0 aliphatic carbocycles. The highest BCUT2D eigenvalue weighted by atomic mass is 32.2. The van der Waals surface area contributed by atoms with Gasteiger partial charge in [-0.1, -0.05) is 18.2 Å². The van der Waals surface area contributed by atoms with E-state index in [9.17, 15) is 13.5 Å². The van der Waals surface area contributed by atoms with Crippen molar-refractivity contribution >= 4 is 10.0 Å². The van der Waals surface area contributed by atoms with Crippen molar-refractivity contribution in [3.63, 3.8) is 0 Å². The topological polar surface area (TPSA) is 84.2 Å². The van der Waals surface area contributed by atoms with E-state index in [0.717, 1.165) is 0 Å². The van der Waals surface area contributed by atoms with Gasteiger partial charge in [-0.3, -0.25) is 0 Å². The Bertz CT molecular complexity index is 664. The molecule has 0 bridgehead atoms. The molecule has 19 heavy (non-hydrogen) atoms. The van der Waals surface area contributed by atoms with Crippen LogP contribution in [0.4, 0.5) is 0 Å². The van der Waals surface area contributed by atoms with Crippen LogP contribution < -0.4 is 4.72 Å². The maximum atomic E-state index is 12.0. The van der Waals surface area contributed by atoms with E-state index in [1.807, 2.05) is 6.92 Å². The quantitative estimate of drug-likeness (QED) is 0.859. The summed E-state index contributed by atoms with van der Waals surface area (Å²) in [5, 5.41) is 9.54. The van der Waals surface area contributed by atoms with Crippen LogP contribution in [0.25, 0.3) is 0 Å². The Hall–Kier alpha value is -1.86. The molecule has 7 heteroatoms. The van der Waals surface area contributed by atoms with E-state index in [1.54, 1.807) is 22.8 Å². The molecule has 2 N–H and O–H groups in total. The zero-order valence-corrected chi connectivity index (χ0v) is 11.3. The van der Waals surface area contributed by atoms with Gasteiger partial charge >= 0.3 is 0 Å². The summed E-state index contributed by atoms with van der Waals surface area (Å²) in [6.45, 7) is 2.57. The van der Waals surface area contributed by atoms with Gasteiger partial charge in [0.15, 0.2) is 5.03 Å². The summed E-state index contributed by atoms with van der Waals surface area (Å²) in [5.74, 6) is 0.0595. The molecule has 0 saturated carbocycles. The van der Waals surface area contributed by atoms with E-state index in [4.69, 9.17) is 0 Å². The highest BCUT2D eigenvalue weighted by Crippen LogP contribution is 2.16. The summed E-state index contributed by atoms with van der Waals surface area (Å²) in [5.41, 5.74) is 0.515. The molecule has 0 spiro atoms. The van der Waals surface area contributed by atoms with Crippen LogP contribution in [0.3, 0.4) is 0 Å². The molecule has 0 atom stereocenters. The number of phenols is 1. The van der Waals surface area contributed by atoms with Crippen molar-refractivity contribution < 1.29 is 13.5 Å². The fourth-order valence-corrected chi connectivity index (χ4v) is 2.51. The van der Waals surface area contributed by atoms with Gasteiger partial charge in [0.25, 0.3) is 10.0 Å². The number of sulfonamides is 1. The van der Waals surface area contributed by atoms with Crippen LogP contribution in [0.15, 0.2) is 41.8 Å². The largest absolute Gasteiger partial charge is 0.508 e. The third-order valence-electron chi connectivity index (χ3n) is 2.69. The number of aromatic hydroxyl groups is 1. The first kappa shape index (κ1) is 13.6. The second-order valence-corrected chi connectivity index (χ2v) is 5.71. The molecule has 1 aromatic heterocycles. The molecule has 102 valence electrons. The predicted molar refractivity (Wildman–Crippen MR) is 70.0 cm³/mol. The minimum atomic E-state index is -3.66. The van der Waals surface area contributed by atoms with Crippen molar-refractivity contribution in [1.29, 1.82) is 0 Å². The average molecular weight is 281 g/mol. The monoisotopic (exact) mass is 281 g/mol. The molecule has 6 nitrogen and oxygen atoms in total. The normalized spacial score (nSPS) is 11.6. The summed E-state index contributed by atoms with van der Waals surface area (Å²) >= 11 is 0. The molecular formula is C12H15N3O3S. The third-order valence-corrected chi connectivity index (χ3v) is 3.98. The predicted octanol–water partition coefficient (Wildman–Crippen LogP) is 1.09. The lowest BCUT2D eigenvalue weighted by Crippen LogP contribution is -2.23. The second-order valence-electron chi connectivity index (χ2n) is 4.00. The number of aryl methyl sites for hydroxylation is 1. The number of nitrogens with one attached hydrogen (secondary N) is 1. The van der Waals surface area contributed by atoms with Crippen molar-refractivity contribution in [2.45, 2.75) is 25.0 Å². The number of phenolic OH excluding ortho intramolecular Hbond substituents is 1. The Kier molecular flexibility index (Phi) is 3.87. The van der Waals surface area contributed by atoms with Crippen LogP contribution >= 0.6 is 0 Å². The van der Waals surface area contributed by atoms with Crippen LogP contribution in [0.2, 0.25) is 0 Å². The van der Waals surface area contributed by atoms with Crippen LogP contribution in [0.1, 0.15) is 12.5 Å². The maximum absolute atomic E-state index is 12.0. The number of benzene rings is 1. The Morgan fingerprint density at radius 3 is 2.74 bits per heavy atom. The van der Waals surface area contributed by atoms with Crippen molar-refractivity contribution in [2.75, 3.05) is 0 Å². The number of aromatic nitrogens is 2. The van der Waals surface area contributed by atoms with Crippen molar-refractivity contribution in [1.82, 2.24) is 14.3 Å². The van der Waals surface area contributed by atoms with Crippen molar-refractivity contribution in [3.8, 4) is 5.75 Å². The third kappa shape index (κ3) is 3.12. The molecule has 0 radical (unpaired) electrons. The molecule has 0 unspecified atom stereocenters. The van der Waals surface area contributed by atoms with Crippen molar-refractivity contribution in [2.24, 2.45) is 0 Å². The van der Waals surface area contributed by atoms with Crippen LogP contribution in [0, 0.1) is 0 Å². The smallest absolute Gasteiger partial charge is 0.259 e. The summed E-state index contributed by atoms with van der Waals surface area (Å²) in [7, 11) is -3.66. The number of nitrogens with zero attached hydrogens (tertiary/aromatic N) is 2. The lowest BCUT2D eigenvalue weighted by Gasteiger charge is -2.06. The molecule has 0 aliphatic rings. The van der Waals surface area contributed by atoms with E-state index < -0.39 is 10.0 Å². The lowest BCUT2D eigenvalue weighted by atomic mass is 10.2. The molecule has 1 aromatic carbocycles. The molecule has 0 saturated heterocycles. The molecule has 0 aliphatic heterocycles. The maximum Gasteiger partial charge on any atom is 0.259 e. The summed E-state index contributed by atoms with van der Waals surface area (Å²) in [6.07, 6.45) is 2.93. The van der Waals surface area contributed by atoms with E-state index in [1.165, 1.54) is 18.6 Å². The first-order chi connectivity index (χ1) is 9.03. The average Bonchev–Trinajstić information content (AvgIpc) is 2.87. The highest BCUT2D eigenvalue weighted by molar-refractivity contribution is 7.89. The standard InChI is InChI=1S/C12H15N3O3S/c1-2-15-8-12(13-9-15)19(17,18)14-7-10-5-3-4-6-11(10)16/h3-6,8-9,14,16H,2,7H2,1H3. The molecule has 2 rings (SSSR count). The molecule has 0 amide bonds. The van der Waals surface area contributed by atoms with Crippen LogP contribution in [0.5, 0.6) is 5.75 Å². The second kappa shape index (κ2) is 5.41. The van der Waals surface area contributed by atoms with Gasteiger partial charge in [0, 0.05) is 24.8 Å². The first-order valence-electron chi connectivity index (χ1n) is 5.81. The minimum absolute atomic E-state index is 0.0218. The highest BCUT2D eigenvalue weighted by Gasteiger charge is 2.17. The Morgan fingerprint density at radius 1 is 1.37 bits per heavy atom. The molecule has 2 aromatic rings. The van der Waals surface area contributed by atoms with Gasteiger partial charge in [0.05, 0.1) is 6.33 Å². The van der Waals surface area contributed by atoms with Crippen molar-refractivity contribution in [3.05, 3.63) is 42.4 Å². The SMILES string of the molecule is CCn1cnc(S(=O)(=O)NCc2ccccc2O)c1. The van der Waals surface area contributed by atoms with Gasteiger partial charge in [-0.25, -0.2) is 18.1 Å². The Morgan fingerprint density at radius 2 is 2.11 bits per heavy atom. The number of para-hydroxylation sites is 1. The Labute approximate surface area is 111 Å². The molecule has 1 heterocycles. The van der Waals surface area contributed by atoms with Gasteiger partial charge < -0.3 is 9.67 Å². The lowest BCUT2D eigenvalue weighted by molar-refractivity contribution is 0.467. The van der Waals surface area contributed by atoms with Crippen LogP contribution in [-0.4, -0.2) is 23.1 Å². The first-order valence-corrected chi connectivity index (χ1v) is 7.29. The number of hydrogen-bond donors (Lipinski definition) is 2. The van der Waals surface area contributed by atoms with E-state index in [0.29, 0.717) is 12.1 Å². The summed E-state index contributed by atoms with van der Waals surface area (Å²) in [4.78, 5) is 3.84. The number of hydrogen-bond acceptors (Lipinski definition) is 4. The van der Waals surface area contributed by atoms with Gasteiger partial charge in [-0.2, -0.15) is 0 Å². The fraction of sp³-hybridized carbons (Fsp3) is 0.250. The zero-order valence-electron chi connectivity index (χ0n) is 10.4. The van der Waals surface area contributed by atoms with Gasteiger partial charge in [-0.15, -0.1) is 0 Å². The van der Waals surface area contributed by atoms with Crippen LogP contribution in [-0.2, 0) is 23.1 Å². The molecular weight excluding hydrogens is 266 g/mol. The fourth-order valence-electron chi connectivity index (χ4n) is 1.56. The molecule has 0 fully saturated rings. The number of rotatable bonds is 5. The number of imidazole rings is 1. The van der Waals surface area contributed by atoms with Gasteiger partial charge in [0.1, 0.15) is 5.75 Å². The van der Waals surface area contributed by atoms with E-state index in [2.05, 4.69) is 9.71 Å². The van der Waals surface area contributed by atoms with E-state index >= 15 is 0 Å². The Balaban J connectivity index is 2.12.